The van der Waals surface area contributed by atoms with E-state index in [0.29, 0.717) is 41.7 Å². The van der Waals surface area contributed by atoms with Gasteiger partial charge in [-0.05, 0) is 51.7 Å². The molecule has 0 aliphatic rings. The Kier molecular flexibility index (Phi) is 8.45. The van der Waals surface area contributed by atoms with Gasteiger partial charge < -0.3 is 29.0 Å². The third-order valence-electron chi connectivity index (χ3n) is 4.36. The largest absolute Gasteiger partial charge is 0.493 e. The summed E-state index contributed by atoms with van der Waals surface area (Å²) in [5, 5.41) is 2.93. The molecule has 2 aromatic carbocycles. The standard InChI is InChI=1S/C21H26BrNO6/c1-25-16-10-13(11-17(26-2)21(16)29-5)12-18(24)23-9-8-14-6-7-15(22)20(28-4)19(14)27-3/h6-7,10-11H,8-9,12H2,1-5H3,(H,23,24). The summed E-state index contributed by atoms with van der Waals surface area (Å²) in [4.78, 5) is 12.4. The number of ether oxygens (including phenoxy) is 5. The first-order chi connectivity index (χ1) is 14.0. The van der Waals surface area contributed by atoms with Gasteiger partial charge in [0.05, 0.1) is 46.4 Å². The molecule has 0 fully saturated rings. The van der Waals surface area contributed by atoms with E-state index < -0.39 is 0 Å². The maximum atomic E-state index is 12.4. The molecular weight excluding hydrogens is 442 g/mol. The van der Waals surface area contributed by atoms with Gasteiger partial charge >= 0.3 is 0 Å². The molecule has 0 bridgehead atoms. The third-order valence-corrected chi connectivity index (χ3v) is 4.98. The fourth-order valence-electron chi connectivity index (χ4n) is 3.01. The number of nitrogens with one attached hydrogen (secondary N) is 1. The van der Waals surface area contributed by atoms with Gasteiger partial charge in [-0.25, -0.2) is 0 Å². The molecule has 0 aliphatic heterocycles. The van der Waals surface area contributed by atoms with Crippen LogP contribution in [-0.4, -0.2) is 48.0 Å². The number of carbonyl (C=O) groups is 1. The highest BCUT2D eigenvalue weighted by Gasteiger charge is 2.16. The lowest BCUT2D eigenvalue weighted by Gasteiger charge is -2.15. The zero-order valence-electron chi connectivity index (χ0n) is 17.3. The van der Waals surface area contributed by atoms with Gasteiger partial charge in [0.15, 0.2) is 23.0 Å². The highest BCUT2D eigenvalue weighted by Crippen LogP contribution is 2.39. The smallest absolute Gasteiger partial charge is 0.224 e. The van der Waals surface area contributed by atoms with Gasteiger partial charge in [-0.15, -0.1) is 0 Å². The number of halogens is 1. The van der Waals surface area contributed by atoms with Gasteiger partial charge in [0.1, 0.15) is 0 Å². The van der Waals surface area contributed by atoms with Crippen molar-refractivity contribution in [1.82, 2.24) is 5.32 Å². The van der Waals surface area contributed by atoms with Gasteiger partial charge in [-0.1, -0.05) is 6.07 Å². The number of carbonyl (C=O) groups excluding carboxylic acids is 1. The van der Waals surface area contributed by atoms with E-state index in [1.54, 1.807) is 40.6 Å². The number of benzene rings is 2. The average molecular weight is 468 g/mol. The SMILES string of the molecule is COc1cc(CC(=O)NCCc2ccc(Br)c(OC)c2OC)cc(OC)c1OC. The molecule has 158 valence electrons. The van der Waals surface area contributed by atoms with Crippen molar-refractivity contribution in [3.05, 3.63) is 39.9 Å². The monoisotopic (exact) mass is 467 g/mol. The first kappa shape index (κ1) is 22.7. The van der Waals surface area contributed by atoms with Crippen molar-refractivity contribution in [3.63, 3.8) is 0 Å². The van der Waals surface area contributed by atoms with Crippen LogP contribution in [0, 0.1) is 0 Å². The molecule has 2 rings (SSSR count). The summed E-state index contributed by atoms with van der Waals surface area (Å²) in [6, 6.07) is 7.37. The highest BCUT2D eigenvalue weighted by molar-refractivity contribution is 9.10. The molecule has 29 heavy (non-hydrogen) atoms. The lowest BCUT2D eigenvalue weighted by Crippen LogP contribution is -2.27. The Morgan fingerprint density at radius 1 is 0.862 bits per heavy atom. The number of methoxy groups -OCH3 is 5. The average Bonchev–Trinajstić information content (AvgIpc) is 2.73. The predicted octanol–water partition coefficient (Wildman–Crippen LogP) is 3.39. The van der Waals surface area contributed by atoms with Crippen LogP contribution in [0.15, 0.2) is 28.7 Å². The fraction of sp³-hybridized carbons (Fsp3) is 0.381. The lowest BCUT2D eigenvalue weighted by atomic mass is 10.1. The van der Waals surface area contributed by atoms with Gasteiger partial charge in [0.2, 0.25) is 11.7 Å². The molecule has 2 aromatic rings. The minimum Gasteiger partial charge on any atom is -0.493 e. The quantitative estimate of drug-likeness (QED) is 0.576. The van der Waals surface area contributed by atoms with E-state index in [1.165, 1.54) is 7.11 Å². The third kappa shape index (κ3) is 5.47. The van der Waals surface area contributed by atoms with Crippen LogP contribution in [0.4, 0.5) is 0 Å². The fourth-order valence-corrected chi connectivity index (χ4v) is 3.49. The Balaban J connectivity index is 2.03. The number of hydrogen-bond donors (Lipinski definition) is 1. The van der Waals surface area contributed by atoms with Crippen LogP contribution in [0.2, 0.25) is 0 Å². The van der Waals surface area contributed by atoms with Crippen molar-refractivity contribution in [2.24, 2.45) is 0 Å². The van der Waals surface area contributed by atoms with Crippen molar-refractivity contribution in [2.45, 2.75) is 12.8 Å². The summed E-state index contributed by atoms with van der Waals surface area (Å²) in [6.07, 6.45) is 0.797. The molecule has 7 nitrogen and oxygen atoms in total. The van der Waals surface area contributed by atoms with E-state index >= 15 is 0 Å². The second-order valence-corrected chi connectivity index (χ2v) is 6.94. The Bertz CT molecular complexity index is 830. The van der Waals surface area contributed by atoms with E-state index in [0.717, 1.165) is 15.6 Å². The Morgan fingerprint density at radius 2 is 1.45 bits per heavy atom. The molecular formula is C21H26BrNO6. The summed E-state index contributed by atoms with van der Waals surface area (Å²) in [6.45, 7) is 0.463. The molecule has 0 atom stereocenters. The molecule has 1 N–H and O–H groups in total. The second-order valence-electron chi connectivity index (χ2n) is 6.08. The molecule has 0 aromatic heterocycles. The summed E-state index contributed by atoms with van der Waals surface area (Å²) < 4.78 is 27.6. The number of hydrogen-bond acceptors (Lipinski definition) is 6. The van der Waals surface area contributed by atoms with Crippen molar-refractivity contribution in [1.29, 1.82) is 0 Å². The summed E-state index contributed by atoms with van der Waals surface area (Å²) in [5.74, 6) is 2.70. The Morgan fingerprint density at radius 3 is 1.97 bits per heavy atom. The first-order valence-corrected chi connectivity index (χ1v) is 9.73. The van der Waals surface area contributed by atoms with Crippen LogP contribution in [-0.2, 0) is 17.6 Å². The zero-order chi connectivity index (χ0) is 21.4. The molecule has 0 saturated carbocycles. The van der Waals surface area contributed by atoms with Crippen LogP contribution in [0.3, 0.4) is 0 Å². The van der Waals surface area contributed by atoms with Crippen molar-refractivity contribution in [3.8, 4) is 28.7 Å². The highest BCUT2D eigenvalue weighted by atomic mass is 79.9. The number of rotatable bonds is 10. The summed E-state index contributed by atoms with van der Waals surface area (Å²) in [7, 11) is 7.81. The van der Waals surface area contributed by atoms with E-state index in [1.807, 2.05) is 12.1 Å². The number of amides is 1. The minimum absolute atomic E-state index is 0.109. The molecule has 8 heteroatoms. The van der Waals surface area contributed by atoms with Gasteiger partial charge in [0.25, 0.3) is 0 Å². The van der Waals surface area contributed by atoms with Crippen LogP contribution in [0.25, 0.3) is 0 Å². The molecule has 0 heterocycles. The molecule has 1 amide bonds. The van der Waals surface area contributed by atoms with Gasteiger partial charge in [-0.2, -0.15) is 0 Å². The molecule has 0 saturated heterocycles. The molecule has 0 aliphatic carbocycles. The maximum absolute atomic E-state index is 12.4. The van der Waals surface area contributed by atoms with Crippen molar-refractivity contribution >= 4 is 21.8 Å². The van der Waals surface area contributed by atoms with Crippen molar-refractivity contribution < 1.29 is 28.5 Å². The maximum Gasteiger partial charge on any atom is 0.224 e. The van der Waals surface area contributed by atoms with E-state index in [4.69, 9.17) is 23.7 Å². The van der Waals surface area contributed by atoms with E-state index in [2.05, 4.69) is 21.2 Å². The van der Waals surface area contributed by atoms with Crippen molar-refractivity contribution in [2.75, 3.05) is 42.1 Å². The lowest BCUT2D eigenvalue weighted by molar-refractivity contribution is -0.120. The summed E-state index contributed by atoms with van der Waals surface area (Å²) in [5.41, 5.74) is 1.71. The molecule has 0 spiro atoms. The topological polar surface area (TPSA) is 75.3 Å². The first-order valence-electron chi connectivity index (χ1n) is 8.93. The van der Waals surface area contributed by atoms with Crippen LogP contribution in [0.1, 0.15) is 11.1 Å². The zero-order valence-corrected chi connectivity index (χ0v) is 18.8. The van der Waals surface area contributed by atoms with E-state index in [9.17, 15) is 4.79 Å². The molecule has 0 radical (unpaired) electrons. The van der Waals surface area contributed by atoms with Gasteiger partial charge in [-0.3, -0.25) is 4.79 Å². The van der Waals surface area contributed by atoms with Crippen LogP contribution >= 0.6 is 15.9 Å². The molecule has 0 unspecified atom stereocenters. The van der Waals surface area contributed by atoms with Crippen LogP contribution in [0.5, 0.6) is 28.7 Å². The normalized spacial score (nSPS) is 10.3. The summed E-state index contributed by atoms with van der Waals surface area (Å²) >= 11 is 3.44. The van der Waals surface area contributed by atoms with Gasteiger partial charge in [0, 0.05) is 6.54 Å². The Hall–Kier alpha value is -2.61. The van der Waals surface area contributed by atoms with Crippen LogP contribution < -0.4 is 29.0 Å². The van der Waals surface area contributed by atoms with E-state index in [-0.39, 0.29) is 12.3 Å². The predicted molar refractivity (Wildman–Crippen MR) is 114 cm³/mol. The minimum atomic E-state index is -0.109. The Labute approximate surface area is 179 Å². The second kappa shape index (κ2) is 10.8.